The third kappa shape index (κ3) is 4.36. The second-order valence-electron chi connectivity index (χ2n) is 5.47. The van der Waals surface area contributed by atoms with E-state index in [0.29, 0.717) is 6.54 Å². The van der Waals surface area contributed by atoms with Gasteiger partial charge >= 0.3 is 5.97 Å². The van der Waals surface area contributed by atoms with Crippen LogP contribution in [-0.2, 0) is 9.53 Å². The van der Waals surface area contributed by atoms with Gasteiger partial charge in [-0.3, -0.25) is 4.79 Å². The van der Waals surface area contributed by atoms with Crippen LogP contribution in [0.2, 0.25) is 10.0 Å². The second-order valence-corrected chi connectivity index (χ2v) is 6.28. The molecule has 0 saturated carbocycles. The number of benzene rings is 1. The maximum atomic E-state index is 13.4. The van der Waals surface area contributed by atoms with E-state index in [1.54, 1.807) is 4.90 Å². The average molecular weight is 362 g/mol. The molecule has 1 fully saturated rings. The lowest BCUT2D eigenvalue weighted by atomic mass is 10.00. The number of esters is 1. The van der Waals surface area contributed by atoms with Gasteiger partial charge in [-0.05, 0) is 37.8 Å². The van der Waals surface area contributed by atoms with E-state index >= 15 is 0 Å². The van der Waals surface area contributed by atoms with Crippen molar-refractivity contribution in [2.45, 2.75) is 38.6 Å². The average Bonchev–Trinajstić information content (AvgIpc) is 2.55. The number of nitrogens with zero attached hydrogens (tertiary/aromatic N) is 1. The third-order valence-corrected chi connectivity index (χ3v) is 4.58. The molecule has 2 rings (SSSR count). The number of hydrogen-bond acceptors (Lipinski definition) is 3. The molecule has 0 N–H and O–H groups in total. The molecule has 0 radical (unpaired) electrons. The van der Waals surface area contributed by atoms with E-state index in [1.165, 1.54) is 0 Å². The van der Waals surface area contributed by atoms with Gasteiger partial charge in [0.15, 0.2) is 6.61 Å². The van der Waals surface area contributed by atoms with E-state index in [1.807, 2.05) is 6.92 Å². The molecule has 0 bridgehead atoms. The Morgan fingerprint density at radius 3 is 2.74 bits per heavy atom. The van der Waals surface area contributed by atoms with Crippen molar-refractivity contribution >= 4 is 35.1 Å². The van der Waals surface area contributed by atoms with E-state index < -0.39 is 11.8 Å². The maximum Gasteiger partial charge on any atom is 0.340 e. The van der Waals surface area contributed by atoms with E-state index in [4.69, 9.17) is 27.9 Å². The van der Waals surface area contributed by atoms with Gasteiger partial charge < -0.3 is 9.64 Å². The van der Waals surface area contributed by atoms with Crippen molar-refractivity contribution in [3.63, 3.8) is 0 Å². The van der Waals surface area contributed by atoms with Crippen molar-refractivity contribution in [3.8, 4) is 0 Å². The Labute approximate surface area is 144 Å². The van der Waals surface area contributed by atoms with E-state index in [2.05, 4.69) is 0 Å². The molecule has 1 aromatic rings. The molecule has 1 aliphatic heterocycles. The zero-order chi connectivity index (χ0) is 17.0. The fourth-order valence-electron chi connectivity index (χ4n) is 2.72. The molecule has 1 saturated heterocycles. The summed E-state index contributed by atoms with van der Waals surface area (Å²) in [5, 5.41) is -0.194. The first kappa shape index (κ1) is 18.0. The van der Waals surface area contributed by atoms with Crippen molar-refractivity contribution in [2.75, 3.05) is 13.2 Å². The smallest absolute Gasteiger partial charge is 0.340 e. The van der Waals surface area contributed by atoms with Gasteiger partial charge in [0.1, 0.15) is 5.82 Å². The van der Waals surface area contributed by atoms with Gasteiger partial charge in [-0.1, -0.05) is 30.1 Å². The van der Waals surface area contributed by atoms with Gasteiger partial charge in [0.05, 0.1) is 15.6 Å². The number of halogens is 3. The molecule has 1 aromatic carbocycles. The van der Waals surface area contributed by atoms with E-state index in [9.17, 15) is 14.0 Å². The van der Waals surface area contributed by atoms with Crippen LogP contribution in [0.15, 0.2) is 12.1 Å². The number of ether oxygens (including phenoxy) is 1. The van der Waals surface area contributed by atoms with Gasteiger partial charge in [-0.2, -0.15) is 0 Å². The summed E-state index contributed by atoms with van der Waals surface area (Å²) in [5.74, 6) is -1.85. The Kier molecular flexibility index (Phi) is 6.25. The Hall–Kier alpha value is -1.33. The molecule has 1 atom stereocenters. The summed E-state index contributed by atoms with van der Waals surface area (Å²) < 4.78 is 18.4. The molecule has 1 amide bonds. The topological polar surface area (TPSA) is 46.6 Å². The molecule has 1 heterocycles. The number of rotatable bonds is 4. The standard InChI is InChI=1S/C16H18Cl2FNO3/c1-2-10-5-3-4-6-20(10)15(21)9-23-16(22)11-7-14(19)13(18)8-12(11)17/h7-8,10H,2-6,9H2,1H3. The van der Waals surface area contributed by atoms with E-state index in [-0.39, 0.29) is 34.2 Å². The van der Waals surface area contributed by atoms with Crippen LogP contribution < -0.4 is 0 Å². The molecule has 126 valence electrons. The first-order valence-electron chi connectivity index (χ1n) is 7.55. The minimum atomic E-state index is -0.844. The van der Waals surface area contributed by atoms with Crippen LogP contribution in [0, 0.1) is 5.82 Å². The van der Waals surface area contributed by atoms with Gasteiger partial charge in [0.2, 0.25) is 0 Å². The van der Waals surface area contributed by atoms with Gasteiger partial charge in [-0.15, -0.1) is 0 Å². The number of likely N-dealkylation sites (tertiary alicyclic amines) is 1. The number of amides is 1. The number of hydrogen-bond donors (Lipinski definition) is 0. The van der Waals surface area contributed by atoms with Gasteiger partial charge in [0.25, 0.3) is 5.91 Å². The van der Waals surface area contributed by atoms with Crippen molar-refractivity contribution in [1.82, 2.24) is 4.90 Å². The molecule has 7 heteroatoms. The fourth-order valence-corrected chi connectivity index (χ4v) is 3.18. The zero-order valence-electron chi connectivity index (χ0n) is 12.8. The highest BCUT2D eigenvalue weighted by Gasteiger charge is 2.26. The summed E-state index contributed by atoms with van der Waals surface area (Å²) in [7, 11) is 0. The second kappa shape index (κ2) is 7.97. The Morgan fingerprint density at radius 1 is 1.30 bits per heavy atom. The molecular formula is C16H18Cl2FNO3. The van der Waals surface area contributed by atoms with Crippen LogP contribution in [0.3, 0.4) is 0 Å². The molecule has 0 aliphatic carbocycles. The van der Waals surface area contributed by atoms with Crippen LogP contribution in [0.25, 0.3) is 0 Å². The van der Waals surface area contributed by atoms with Crippen LogP contribution in [0.4, 0.5) is 4.39 Å². The largest absolute Gasteiger partial charge is 0.452 e. The summed E-state index contributed by atoms with van der Waals surface area (Å²) in [5.41, 5.74) is -0.146. The Bertz CT molecular complexity index is 609. The SMILES string of the molecule is CCC1CCCCN1C(=O)COC(=O)c1cc(F)c(Cl)cc1Cl. The summed E-state index contributed by atoms with van der Waals surface area (Å²) >= 11 is 11.4. The van der Waals surface area contributed by atoms with Crippen LogP contribution in [-0.4, -0.2) is 36.0 Å². The van der Waals surface area contributed by atoms with Crippen molar-refractivity contribution in [1.29, 1.82) is 0 Å². The normalized spacial score (nSPS) is 17.9. The summed E-state index contributed by atoms with van der Waals surface area (Å²) in [4.78, 5) is 26.0. The van der Waals surface area contributed by atoms with Gasteiger partial charge in [0, 0.05) is 12.6 Å². The molecule has 1 unspecified atom stereocenters. The van der Waals surface area contributed by atoms with E-state index in [0.717, 1.165) is 37.8 Å². The van der Waals surface area contributed by atoms with Crippen LogP contribution >= 0.6 is 23.2 Å². The quantitative estimate of drug-likeness (QED) is 0.599. The monoisotopic (exact) mass is 361 g/mol. The minimum Gasteiger partial charge on any atom is -0.452 e. The molecule has 0 spiro atoms. The van der Waals surface area contributed by atoms with Gasteiger partial charge in [-0.25, -0.2) is 9.18 Å². The zero-order valence-corrected chi connectivity index (χ0v) is 14.3. The molecule has 23 heavy (non-hydrogen) atoms. The predicted octanol–water partition coefficient (Wildman–Crippen LogP) is 4.08. The van der Waals surface area contributed by atoms with Crippen molar-refractivity contribution in [3.05, 3.63) is 33.6 Å². The van der Waals surface area contributed by atoms with Crippen LogP contribution in [0.5, 0.6) is 0 Å². The summed E-state index contributed by atoms with van der Waals surface area (Å²) in [6.45, 7) is 2.32. The maximum absolute atomic E-state index is 13.4. The molecule has 1 aliphatic rings. The minimum absolute atomic E-state index is 0.0155. The fraction of sp³-hybridized carbons (Fsp3) is 0.500. The van der Waals surface area contributed by atoms with Crippen molar-refractivity contribution in [2.24, 2.45) is 0 Å². The Morgan fingerprint density at radius 2 is 2.04 bits per heavy atom. The number of piperidine rings is 1. The predicted molar refractivity (Wildman–Crippen MR) is 86.3 cm³/mol. The highest BCUT2D eigenvalue weighted by molar-refractivity contribution is 6.36. The van der Waals surface area contributed by atoms with Crippen molar-refractivity contribution < 1.29 is 18.7 Å². The molecular weight excluding hydrogens is 344 g/mol. The summed E-state index contributed by atoms with van der Waals surface area (Å²) in [6.07, 6.45) is 3.88. The first-order chi connectivity index (χ1) is 10.9. The number of carbonyl (C=O) groups is 2. The lowest BCUT2D eigenvalue weighted by Crippen LogP contribution is -2.45. The number of carbonyl (C=O) groups excluding carboxylic acids is 2. The lowest BCUT2D eigenvalue weighted by Gasteiger charge is -2.35. The highest BCUT2D eigenvalue weighted by atomic mass is 35.5. The van der Waals surface area contributed by atoms with Crippen LogP contribution in [0.1, 0.15) is 43.0 Å². The third-order valence-electron chi connectivity index (χ3n) is 3.98. The summed E-state index contributed by atoms with van der Waals surface area (Å²) in [6, 6.07) is 2.23. The highest BCUT2D eigenvalue weighted by Crippen LogP contribution is 2.25. The first-order valence-corrected chi connectivity index (χ1v) is 8.30. The Balaban J connectivity index is 1.98. The lowest BCUT2D eigenvalue weighted by molar-refractivity contribution is -0.138. The molecule has 4 nitrogen and oxygen atoms in total. The molecule has 0 aromatic heterocycles.